The van der Waals surface area contributed by atoms with Crippen molar-refractivity contribution in [3.05, 3.63) is 29.3 Å². The molecular formula is C9H12O2. The van der Waals surface area contributed by atoms with E-state index in [-0.39, 0.29) is 0 Å². The number of phenolic OH excluding ortho intramolecular Hbond substituents is 1. The molecule has 0 aliphatic carbocycles. The van der Waals surface area contributed by atoms with E-state index in [2.05, 4.69) is 0 Å². The highest BCUT2D eigenvalue weighted by Gasteiger charge is 1.96. The molecule has 1 aromatic rings. The van der Waals surface area contributed by atoms with Gasteiger partial charge in [0.1, 0.15) is 5.75 Å². The molecule has 0 aromatic heterocycles. The monoisotopic (exact) mass is 152 g/mol. The fraction of sp³-hybridized carbons (Fsp3) is 0.333. The summed E-state index contributed by atoms with van der Waals surface area (Å²) in [5, 5.41) is 9.17. The van der Waals surface area contributed by atoms with Crippen LogP contribution in [0.5, 0.6) is 5.75 Å². The lowest BCUT2D eigenvalue weighted by Crippen LogP contribution is -1.87. The quantitative estimate of drug-likeness (QED) is 0.700. The van der Waals surface area contributed by atoms with Crippen LogP contribution in [0.15, 0.2) is 18.2 Å². The first-order chi connectivity index (χ1) is 5.24. The van der Waals surface area contributed by atoms with Crippen LogP contribution < -0.4 is 0 Å². The lowest BCUT2D eigenvalue weighted by molar-refractivity contribution is 0.185. The zero-order valence-corrected chi connectivity index (χ0v) is 6.79. The maximum Gasteiger partial charge on any atom is 0.118 e. The molecule has 60 valence electrons. The van der Waals surface area contributed by atoms with Gasteiger partial charge in [0, 0.05) is 7.11 Å². The highest BCUT2D eigenvalue weighted by molar-refractivity contribution is 5.34. The molecule has 1 N–H and O–H groups in total. The zero-order valence-electron chi connectivity index (χ0n) is 6.79. The molecule has 0 amide bonds. The van der Waals surface area contributed by atoms with Gasteiger partial charge in [0.05, 0.1) is 6.61 Å². The number of methoxy groups -OCH3 is 1. The van der Waals surface area contributed by atoms with E-state index in [1.165, 1.54) is 0 Å². The third-order valence-corrected chi connectivity index (χ3v) is 1.57. The van der Waals surface area contributed by atoms with Crippen LogP contribution in [-0.2, 0) is 11.3 Å². The van der Waals surface area contributed by atoms with Crippen LogP contribution in [-0.4, -0.2) is 12.2 Å². The van der Waals surface area contributed by atoms with E-state index in [1.54, 1.807) is 13.2 Å². The summed E-state index contributed by atoms with van der Waals surface area (Å²) in [4.78, 5) is 0. The SMILES string of the molecule is COCc1ccc(O)c(C)c1. The Bertz CT molecular complexity index is 243. The van der Waals surface area contributed by atoms with Crippen LogP contribution >= 0.6 is 0 Å². The van der Waals surface area contributed by atoms with Crippen LogP contribution in [0.2, 0.25) is 0 Å². The van der Waals surface area contributed by atoms with Gasteiger partial charge in [0.25, 0.3) is 0 Å². The van der Waals surface area contributed by atoms with E-state index < -0.39 is 0 Å². The van der Waals surface area contributed by atoms with Crippen molar-refractivity contribution in [1.82, 2.24) is 0 Å². The Kier molecular flexibility index (Phi) is 2.49. The van der Waals surface area contributed by atoms with Gasteiger partial charge in [0.2, 0.25) is 0 Å². The van der Waals surface area contributed by atoms with Crippen LogP contribution in [0.4, 0.5) is 0 Å². The second-order valence-corrected chi connectivity index (χ2v) is 2.55. The number of aromatic hydroxyl groups is 1. The van der Waals surface area contributed by atoms with Crippen molar-refractivity contribution in [2.75, 3.05) is 7.11 Å². The molecule has 0 aliphatic rings. The van der Waals surface area contributed by atoms with E-state index in [4.69, 9.17) is 4.74 Å². The van der Waals surface area contributed by atoms with Crippen molar-refractivity contribution in [2.45, 2.75) is 13.5 Å². The normalized spacial score (nSPS) is 10.0. The molecule has 0 heterocycles. The smallest absolute Gasteiger partial charge is 0.118 e. The number of hydrogen-bond donors (Lipinski definition) is 1. The Labute approximate surface area is 66.4 Å². The Morgan fingerprint density at radius 3 is 2.73 bits per heavy atom. The van der Waals surface area contributed by atoms with Crippen LogP contribution in [0.25, 0.3) is 0 Å². The molecule has 0 bridgehead atoms. The maximum atomic E-state index is 9.17. The number of ether oxygens (including phenoxy) is 1. The van der Waals surface area contributed by atoms with E-state index in [1.807, 2.05) is 19.1 Å². The van der Waals surface area contributed by atoms with Crippen molar-refractivity contribution in [1.29, 1.82) is 0 Å². The molecule has 11 heavy (non-hydrogen) atoms. The topological polar surface area (TPSA) is 29.5 Å². The van der Waals surface area contributed by atoms with E-state index in [0.29, 0.717) is 12.4 Å². The lowest BCUT2D eigenvalue weighted by Gasteiger charge is -2.02. The van der Waals surface area contributed by atoms with Crippen LogP contribution in [0.3, 0.4) is 0 Å². The molecule has 0 spiro atoms. The molecule has 0 radical (unpaired) electrons. The molecule has 2 heteroatoms. The molecule has 0 saturated carbocycles. The zero-order chi connectivity index (χ0) is 8.27. The summed E-state index contributed by atoms with van der Waals surface area (Å²) < 4.78 is 4.94. The summed E-state index contributed by atoms with van der Waals surface area (Å²) in [6.07, 6.45) is 0. The minimum absolute atomic E-state index is 0.338. The summed E-state index contributed by atoms with van der Waals surface area (Å²) in [7, 11) is 1.65. The van der Waals surface area contributed by atoms with Gasteiger partial charge < -0.3 is 9.84 Å². The largest absolute Gasteiger partial charge is 0.508 e. The first kappa shape index (κ1) is 8.08. The van der Waals surface area contributed by atoms with Crippen LogP contribution in [0, 0.1) is 6.92 Å². The molecule has 1 rings (SSSR count). The molecule has 0 aliphatic heterocycles. The van der Waals surface area contributed by atoms with E-state index in [0.717, 1.165) is 11.1 Å². The molecule has 1 aromatic carbocycles. The van der Waals surface area contributed by atoms with Gasteiger partial charge in [-0.3, -0.25) is 0 Å². The summed E-state index contributed by atoms with van der Waals surface area (Å²) in [6.45, 7) is 2.47. The average Bonchev–Trinajstić information content (AvgIpc) is 1.98. The minimum atomic E-state index is 0.338. The first-order valence-corrected chi connectivity index (χ1v) is 3.51. The average molecular weight is 152 g/mol. The van der Waals surface area contributed by atoms with Crippen molar-refractivity contribution >= 4 is 0 Å². The number of aryl methyl sites for hydroxylation is 1. The minimum Gasteiger partial charge on any atom is -0.508 e. The van der Waals surface area contributed by atoms with Gasteiger partial charge in [-0.1, -0.05) is 12.1 Å². The second kappa shape index (κ2) is 3.39. The third kappa shape index (κ3) is 1.95. The number of hydrogen-bond acceptors (Lipinski definition) is 2. The third-order valence-electron chi connectivity index (χ3n) is 1.57. The van der Waals surface area contributed by atoms with Crippen molar-refractivity contribution in [3.63, 3.8) is 0 Å². The van der Waals surface area contributed by atoms with Gasteiger partial charge in [-0.25, -0.2) is 0 Å². The Balaban J connectivity index is 2.86. The number of rotatable bonds is 2. The second-order valence-electron chi connectivity index (χ2n) is 2.55. The summed E-state index contributed by atoms with van der Waals surface area (Å²) >= 11 is 0. The lowest BCUT2D eigenvalue weighted by atomic mass is 10.1. The van der Waals surface area contributed by atoms with Gasteiger partial charge in [-0.2, -0.15) is 0 Å². The summed E-state index contributed by atoms with van der Waals surface area (Å²) in [6, 6.07) is 5.45. The highest BCUT2D eigenvalue weighted by Crippen LogP contribution is 2.16. The first-order valence-electron chi connectivity index (χ1n) is 3.51. The van der Waals surface area contributed by atoms with Gasteiger partial charge in [0.15, 0.2) is 0 Å². The Hall–Kier alpha value is -1.02. The molecule has 0 saturated heterocycles. The van der Waals surface area contributed by atoms with E-state index in [9.17, 15) is 5.11 Å². The molecule has 0 fully saturated rings. The predicted molar refractivity (Wildman–Crippen MR) is 43.6 cm³/mol. The molecular weight excluding hydrogens is 140 g/mol. The molecule has 0 unspecified atom stereocenters. The van der Waals surface area contributed by atoms with Crippen LogP contribution in [0.1, 0.15) is 11.1 Å². The molecule has 0 atom stereocenters. The summed E-state index contributed by atoms with van der Waals surface area (Å²) in [5.74, 6) is 0.338. The van der Waals surface area contributed by atoms with Crippen molar-refractivity contribution < 1.29 is 9.84 Å². The van der Waals surface area contributed by atoms with Gasteiger partial charge in [-0.15, -0.1) is 0 Å². The molecule has 2 nitrogen and oxygen atoms in total. The Morgan fingerprint density at radius 2 is 2.18 bits per heavy atom. The Morgan fingerprint density at radius 1 is 1.45 bits per heavy atom. The van der Waals surface area contributed by atoms with Gasteiger partial charge in [-0.05, 0) is 24.1 Å². The fourth-order valence-electron chi connectivity index (χ4n) is 0.974. The number of phenols is 1. The van der Waals surface area contributed by atoms with Crippen molar-refractivity contribution in [3.8, 4) is 5.75 Å². The summed E-state index contributed by atoms with van der Waals surface area (Å²) in [5.41, 5.74) is 1.97. The standard InChI is InChI=1S/C9H12O2/c1-7-5-8(6-11-2)3-4-9(7)10/h3-5,10H,6H2,1-2H3. The van der Waals surface area contributed by atoms with Crippen molar-refractivity contribution in [2.24, 2.45) is 0 Å². The van der Waals surface area contributed by atoms with Gasteiger partial charge >= 0.3 is 0 Å². The van der Waals surface area contributed by atoms with E-state index >= 15 is 0 Å². The maximum absolute atomic E-state index is 9.17. The highest BCUT2D eigenvalue weighted by atomic mass is 16.5. The predicted octanol–water partition coefficient (Wildman–Crippen LogP) is 1.85. The fourth-order valence-corrected chi connectivity index (χ4v) is 0.974. The number of benzene rings is 1.